The molecular formula is C58H62N5O14S2Tc-3. The maximum atomic E-state index is 13.8. The number of hydrogen-bond donors (Lipinski definition) is 3. The summed E-state index contributed by atoms with van der Waals surface area (Å²) in [6.07, 6.45) is 9.07. The van der Waals surface area contributed by atoms with E-state index < -0.39 is 31.7 Å². The summed E-state index contributed by atoms with van der Waals surface area (Å²) in [6.45, 7) is 6.82. The molecule has 425 valence electrons. The zero-order chi connectivity index (χ0) is 58.5. The van der Waals surface area contributed by atoms with Crippen molar-refractivity contribution in [1.82, 2.24) is 19.5 Å². The zero-order valence-electron chi connectivity index (χ0n) is 44.7. The van der Waals surface area contributed by atoms with Gasteiger partial charge in [0.15, 0.2) is 0 Å². The average molecular weight is 1220 g/mol. The Morgan fingerprint density at radius 3 is 1.59 bits per heavy atom. The number of carbonyl (C=O) groups excluding carboxylic acids is 2. The maximum Gasteiger partial charge on any atom is 0.267 e. The molecule has 3 N–H and O–H groups in total. The topological polar surface area (TPSA) is 292 Å². The summed E-state index contributed by atoms with van der Waals surface area (Å²) in [7, 11) is -4.22. The Balaban J connectivity index is 0.000000440. The number of rotatable bonds is 13. The second-order valence-corrected chi connectivity index (χ2v) is 19.1. The molecule has 0 aliphatic rings. The molecule has 80 heavy (non-hydrogen) atoms. The minimum atomic E-state index is -3.92. The minimum Gasteiger partial charge on any atom is -0.748 e. The van der Waals surface area contributed by atoms with Gasteiger partial charge in [-0.05, 0) is 76.2 Å². The van der Waals surface area contributed by atoms with Crippen molar-refractivity contribution in [3.05, 3.63) is 197 Å². The Morgan fingerprint density at radius 1 is 0.650 bits per heavy atom. The fraction of sp³-hybridized carbons (Fsp3) is 0.207. The molecule has 0 fully saturated rings. The van der Waals surface area contributed by atoms with Gasteiger partial charge in [-0.2, -0.15) is 0 Å². The molecule has 5 aromatic carbocycles. The van der Waals surface area contributed by atoms with E-state index in [-0.39, 0.29) is 44.6 Å². The first-order valence-corrected chi connectivity index (χ1v) is 27.5. The molecule has 0 bridgehead atoms. The number of aliphatic hydroxyl groups is 2. The first kappa shape index (κ1) is 68.6. The van der Waals surface area contributed by atoms with Gasteiger partial charge in [0, 0.05) is 107 Å². The van der Waals surface area contributed by atoms with Gasteiger partial charge in [0.2, 0.25) is 0 Å². The van der Waals surface area contributed by atoms with Crippen molar-refractivity contribution in [1.29, 1.82) is 0 Å². The molecule has 22 heteroatoms. The van der Waals surface area contributed by atoms with E-state index in [2.05, 4.69) is 94.5 Å². The van der Waals surface area contributed by atoms with E-state index >= 15 is 0 Å². The third kappa shape index (κ3) is 21.0. The summed E-state index contributed by atoms with van der Waals surface area (Å²) in [5.74, 6) is -0.861. The summed E-state index contributed by atoms with van der Waals surface area (Å²) in [5.41, 5.74) is 8.88. The molecule has 0 aliphatic heterocycles. The Bertz CT molecular complexity index is 3460. The number of hydrogen-bond acceptors (Lipinski definition) is 17. The molecule has 0 saturated carbocycles. The smallest absolute Gasteiger partial charge is 0.267 e. The molecule has 0 atom stereocenters. The van der Waals surface area contributed by atoms with Gasteiger partial charge in [-0.15, -0.1) is 0 Å². The second kappa shape index (κ2) is 35.2. The van der Waals surface area contributed by atoms with Crippen LogP contribution in [0.5, 0.6) is 5.75 Å². The third-order valence-corrected chi connectivity index (χ3v) is 11.0. The number of pyridine rings is 4. The second-order valence-electron chi connectivity index (χ2n) is 16.3. The van der Waals surface area contributed by atoms with Crippen molar-refractivity contribution in [3.63, 3.8) is 0 Å². The largest absolute Gasteiger partial charge is 0.748 e. The van der Waals surface area contributed by atoms with Gasteiger partial charge in [0.05, 0.1) is 63.2 Å². The summed E-state index contributed by atoms with van der Waals surface area (Å²) < 4.78 is 67.2. The van der Waals surface area contributed by atoms with Crippen molar-refractivity contribution in [3.8, 4) is 28.0 Å². The van der Waals surface area contributed by atoms with Crippen LogP contribution in [0.2, 0.25) is 0 Å². The summed E-state index contributed by atoms with van der Waals surface area (Å²) in [5, 5.41) is 28.0. The fourth-order valence-corrected chi connectivity index (χ4v) is 7.84. The predicted octanol–water partition coefficient (Wildman–Crippen LogP) is 7.46. The molecule has 4 aromatic heterocycles. The van der Waals surface area contributed by atoms with Crippen LogP contribution < -0.4 is 10.5 Å². The Hall–Kier alpha value is -7.47. The van der Waals surface area contributed by atoms with Gasteiger partial charge in [-0.25, -0.2) is 16.8 Å². The number of anilines is 1. The summed E-state index contributed by atoms with van der Waals surface area (Å²) in [4.78, 5) is 49.6. The van der Waals surface area contributed by atoms with E-state index in [4.69, 9.17) is 50.4 Å². The van der Waals surface area contributed by atoms with Gasteiger partial charge in [-0.3, -0.25) is 31.3 Å². The van der Waals surface area contributed by atoms with Crippen molar-refractivity contribution < 1.29 is 80.4 Å². The minimum absolute atomic E-state index is 0. The molecule has 9 aromatic rings. The first-order chi connectivity index (χ1) is 37.9. The van der Waals surface area contributed by atoms with Crippen LogP contribution in [0.3, 0.4) is 0 Å². The third-order valence-electron chi connectivity index (χ3n) is 11.0. The Labute approximate surface area is 479 Å². The van der Waals surface area contributed by atoms with E-state index in [1.807, 2.05) is 73.9 Å². The van der Waals surface area contributed by atoms with Gasteiger partial charge in [0.1, 0.15) is 11.3 Å². The van der Waals surface area contributed by atoms with E-state index in [9.17, 15) is 14.7 Å². The normalized spacial score (nSPS) is 10.4. The van der Waals surface area contributed by atoms with Gasteiger partial charge in [-0.1, -0.05) is 116 Å². The molecule has 19 nitrogen and oxygen atoms in total. The number of benzene rings is 5. The number of carbonyl (C=O) groups is 1. The molecule has 0 saturated heterocycles. The molecule has 0 aliphatic carbocycles. The quantitative estimate of drug-likeness (QED) is 0.0332. The first-order valence-electron chi connectivity index (χ1n) is 23.9. The number of aliphatic hydroxyl groups excluding tert-OH is 2. The standard InChI is InChI=1S/C29H31N3O5.C24H16N2.2CH4O3S.2CH4O.CHO.Tc/c1-3-22-10-7-13-24-25(22)27(33)26(28(34)31(24)2)29(35)32(23-11-5-4-6-12-23)15-16-36-17-18-37-20-21-9-8-14-30-19-21;1-3-7-17(8-4-1)19-13-15-25-23-21(19)11-12-22-20(14-16-26-24(22)23)18-9-5-2-6-10-18;2*1-5(2,3)4;3*1-2;/h4-14,19,33H,3,15-18,20H2,1-2H3;1-16H;2*1H3,(H,2,3,4);2*2H,1H3;1H;/q;;;;;;-1;/p-2/i;;;;;;;1+1. The summed E-state index contributed by atoms with van der Waals surface area (Å²) in [6, 6.07) is 47.7. The molecule has 1 radical (unpaired) electrons. The van der Waals surface area contributed by atoms with Crippen LogP contribution in [0.4, 0.5) is 5.69 Å². The molecule has 0 spiro atoms. The van der Waals surface area contributed by atoms with Gasteiger partial charge in [0.25, 0.3) is 11.5 Å². The number of nitrogens with zero attached hydrogens (tertiary/aromatic N) is 5. The van der Waals surface area contributed by atoms with Crippen molar-refractivity contribution in [2.24, 2.45) is 7.05 Å². The van der Waals surface area contributed by atoms with Crippen LogP contribution >= 0.6 is 0 Å². The number of fused-ring (bicyclic) bond motifs is 4. The number of para-hydroxylation sites is 1. The molecular weight excluding hydrogens is 1150 g/mol. The molecule has 1 amide bonds. The average Bonchev–Trinajstić information content (AvgIpc) is 3.51. The van der Waals surface area contributed by atoms with Crippen LogP contribution in [0.25, 0.3) is 55.0 Å². The number of aromatic hydroxyl groups is 1. The number of ether oxygens (including phenoxy) is 2. The van der Waals surface area contributed by atoms with E-state index in [1.54, 1.807) is 37.6 Å². The van der Waals surface area contributed by atoms with E-state index in [0.717, 1.165) is 47.2 Å². The molecule has 9 rings (SSSR count). The van der Waals surface area contributed by atoms with Crippen LogP contribution in [-0.4, -0.2) is 127 Å². The van der Waals surface area contributed by atoms with Gasteiger partial charge >= 0.3 is 0 Å². The zero-order valence-corrected chi connectivity index (χ0v) is 48.2. The number of aryl methyl sites for hydroxylation is 2. The number of amides is 1. The van der Waals surface area contributed by atoms with E-state index in [0.29, 0.717) is 55.3 Å². The maximum absolute atomic E-state index is 13.8. The molecule has 4 heterocycles. The van der Waals surface area contributed by atoms with E-state index in [1.165, 1.54) is 31.7 Å². The van der Waals surface area contributed by atoms with Crippen LogP contribution in [0.1, 0.15) is 28.4 Å². The van der Waals surface area contributed by atoms with Crippen molar-refractivity contribution in [2.75, 3.05) is 58.0 Å². The molecule has 0 unspecified atom stereocenters. The number of aromatic nitrogens is 4. The SMILES string of the molecule is CCc1cccc2c1c(O)c(C(=O)N(CCOCCOCc1cccnc1)c1ccccc1)c(=O)n2C.CO.CO.CS(=O)(=O)[O-].CS(=O)(=O)[O-].[99Tc].[CH-]=O.c1ccc(-c2ccnc3c2ccc2c(-c4ccccc4)ccnc23)cc1. The van der Waals surface area contributed by atoms with Crippen LogP contribution in [0, 0.1) is 0 Å². The summed E-state index contributed by atoms with van der Waals surface area (Å²) >= 11 is 0. The van der Waals surface area contributed by atoms with Gasteiger partial charge < -0.3 is 48.2 Å². The fourth-order valence-electron chi connectivity index (χ4n) is 7.84. The van der Waals surface area contributed by atoms with Crippen molar-refractivity contribution >= 4 is 71.3 Å². The monoisotopic (exact) mass is 1220 g/mol. The predicted molar refractivity (Wildman–Crippen MR) is 305 cm³/mol. The van der Waals surface area contributed by atoms with Crippen molar-refractivity contribution in [2.45, 2.75) is 20.0 Å². The Morgan fingerprint density at radius 2 is 1.12 bits per heavy atom. The van der Waals surface area contributed by atoms with Crippen LogP contribution in [-0.2, 0) is 74.7 Å². The van der Waals surface area contributed by atoms with Crippen LogP contribution in [0.15, 0.2) is 175 Å². The Kier molecular flexibility index (Phi) is 30.2.